The molecule has 1 N–H and O–H groups in total. The molecule has 0 aromatic heterocycles. The average molecular weight is 372 g/mol. The minimum atomic E-state index is -0.0694. The Bertz CT molecular complexity index is 37.7. The summed E-state index contributed by atoms with van der Waals surface area (Å²) >= 11 is 1.70. The number of rotatable bonds is 1. The quantitative estimate of drug-likeness (QED) is 0.271. The molecule has 0 aromatic rings. The normalized spacial score (nSPS) is 3.00. The molecule has 0 amide bonds. The van der Waals surface area contributed by atoms with Crippen LogP contribution >= 0.6 is 0 Å². The third kappa shape index (κ3) is 48.1. The Morgan fingerprint density at radius 1 is 1.33 bits per heavy atom. The molecule has 0 saturated heterocycles. The van der Waals surface area contributed by atoms with Crippen LogP contribution in [0.2, 0.25) is 0 Å². The second kappa shape index (κ2) is 40.4. The van der Waals surface area contributed by atoms with E-state index in [0.29, 0.717) is 0 Å². The Balaban J connectivity index is -0.00000000990. The van der Waals surface area contributed by atoms with Gasteiger partial charge in [0.15, 0.2) is 0 Å². The van der Waals surface area contributed by atoms with Gasteiger partial charge < -0.3 is 4.89 Å². The van der Waals surface area contributed by atoms with Crippen molar-refractivity contribution in [3.05, 3.63) is 0 Å². The van der Waals surface area contributed by atoms with Crippen LogP contribution in [0.15, 0.2) is 0 Å². The maximum atomic E-state index is 8.70. The minimum absolute atomic E-state index is 0. The molecule has 0 rings (SSSR count). The molecule has 0 atom stereocenters. The first kappa shape index (κ1) is 29.3. The average Bonchev–Trinajstić information content (AvgIpc) is 1.72. The Morgan fingerprint density at radius 2 is 1.44 bits per heavy atom. The van der Waals surface area contributed by atoms with Crippen LogP contribution in [0.5, 0.6) is 0 Å². The molecule has 0 aliphatic rings. The summed E-state index contributed by atoms with van der Waals surface area (Å²) in [6.07, 6.45) is 0. The monoisotopic (exact) mass is 370 g/mol. The third-order valence-electron chi connectivity index (χ3n) is 0.0430. The van der Waals surface area contributed by atoms with Crippen molar-refractivity contribution in [3.8, 4) is 0 Å². The summed E-state index contributed by atoms with van der Waals surface area (Å²) in [7, 11) is 0. The van der Waals surface area contributed by atoms with Gasteiger partial charge in [-0.2, -0.15) is 0 Å². The van der Waals surface area contributed by atoms with Gasteiger partial charge in [-0.25, -0.2) is 5.26 Å². The summed E-state index contributed by atoms with van der Waals surface area (Å²) in [6, 6.07) is 0. The van der Waals surface area contributed by atoms with Gasteiger partial charge in [0.25, 0.3) is 0 Å². The summed E-state index contributed by atoms with van der Waals surface area (Å²) in [6.45, 7) is -0.0694. The van der Waals surface area contributed by atoms with E-state index < -0.39 is 0 Å². The van der Waals surface area contributed by atoms with Gasteiger partial charge in [-0.15, -0.1) is 0 Å². The van der Waals surface area contributed by atoms with Gasteiger partial charge in [0.1, 0.15) is 0 Å². The Hall–Kier alpha value is 3.98. The topological polar surface area (TPSA) is 63.6 Å². The fourth-order valence-corrected chi connectivity index (χ4v) is 0. The predicted molar refractivity (Wildman–Crippen MR) is 22.0 cm³/mol. The van der Waals surface area contributed by atoms with Gasteiger partial charge in [-0.05, 0) is 0 Å². The molecule has 9 heavy (non-hydrogen) atoms. The molecule has 0 spiro atoms. The zero-order chi connectivity index (χ0) is 5.41. The Morgan fingerprint density at radius 3 is 1.44 bits per heavy atom. The van der Waals surface area contributed by atoms with Crippen LogP contribution in [0.3, 0.4) is 0 Å². The standard InChI is InChI=1S/CH2O3.2Ag.2K.O/c2-1-4-3;;;;;/h1,3H;;;;;. The van der Waals surface area contributed by atoms with Crippen LogP contribution in [-0.4, -0.2) is 114 Å². The fourth-order valence-electron chi connectivity index (χ4n) is 0. The van der Waals surface area contributed by atoms with Crippen LogP contribution in [0.25, 0.3) is 0 Å². The second-order valence-corrected chi connectivity index (χ2v) is 0.202. The molecule has 0 unspecified atom stereocenters. The van der Waals surface area contributed by atoms with Crippen molar-refractivity contribution in [2.75, 3.05) is 0 Å². The molecule has 0 fully saturated rings. The first-order valence-electron chi connectivity index (χ1n) is 0.777. The molecule has 0 aromatic carbocycles. The first-order valence-corrected chi connectivity index (χ1v) is 1.38. The summed E-state index contributed by atoms with van der Waals surface area (Å²) in [5.74, 6) is 0. The van der Waals surface area contributed by atoms with E-state index in [9.17, 15) is 0 Å². The molecule has 3 radical (unpaired) electrons. The van der Waals surface area contributed by atoms with Gasteiger partial charge in [0, 0.05) is 125 Å². The second-order valence-electron chi connectivity index (χ2n) is 0.202. The van der Waals surface area contributed by atoms with Crippen LogP contribution in [-0.2, 0) is 56.4 Å². The van der Waals surface area contributed by atoms with E-state index in [0.717, 1.165) is 0 Å². The van der Waals surface area contributed by atoms with Gasteiger partial charge in [-0.3, -0.25) is 4.79 Å². The van der Waals surface area contributed by atoms with Crippen molar-refractivity contribution in [1.29, 1.82) is 0 Å². The zero-order valence-corrected chi connectivity index (χ0v) is 14.1. The summed E-state index contributed by atoms with van der Waals surface area (Å²) < 4.78 is 8.06. The number of hydrogen-bond acceptors (Lipinski definition) is 4. The van der Waals surface area contributed by atoms with Crippen LogP contribution in [0.4, 0.5) is 0 Å². The Labute approximate surface area is 166 Å². The molecule has 54 valence electrons. The number of hydrogen-bond donors (Lipinski definition) is 1. The van der Waals surface area contributed by atoms with E-state index in [2.05, 4.69) is 4.89 Å². The third-order valence-corrected chi connectivity index (χ3v) is 0.0430. The number of carbonyl (C=O) groups is 1. The van der Waals surface area contributed by atoms with E-state index in [1.807, 2.05) is 0 Å². The maximum absolute atomic E-state index is 8.70. The zero-order valence-electron chi connectivity index (χ0n) is 4.85. The summed E-state index contributed by atoms with van der Waals surface area (Å²) in [4.78, 5) is 11.6. The SMILES string of the molecule is O=COO.[Ag].[K].[K].[O]=[Ag]. The summed E-state index contributed by atoms with van der Waals surface area (Å²) in [5, 5.41) is 7.01. The van der Waals surface area contributed by atoms with E-state index >= 15 is 0 Å². The van der Waals surface area contributed by atoms with Gasteiger partial charge in [0.2, 0.25) is 0 Å². The van der Waals surface area contributed by atoms with Gasteiger partial charge >= 0.3 is 30.8 Å². The van der Waals surface area contributed by atoms with E-state index in [4.69, 9.17) is 13.3 Å². The van der Waals surface area contributed by atoms with Crippen molar-refractivity contribution >= 4 is 109 Å². The van der Waals surface area contributed by atoms with Gasteiger partial charge in [-0.1, -0.05) is 0 Å². The van der Waals surface area contributed by atoms with E-state index in [1.54, 1.807) is 21.0 Å². The fraction of sp³-hybridized carbons (Fsp3) is 0. The Kier molecular flexibility index (Phi) is 131. The molecular weight excluding hydrogens is 370 g/mol. The van der Waals surface area contributed by atoms with Crippen molar-refractivity contribution < 1.29 is 61.6 Å². The van der Waals surface area contributed by atoms with Gasteiger partial charge in [0.05, 0.1) is 0 Å². The molecule has 0 aliphatic heterocycles. The molecular formula is CH2Ag2K2O4. The van der Waals surface area contributed by atoms with Crippen LogP contribution < -0.4 is 0 Å². The van der Waals surface area contributed by atoms with E-state index in [-0.39, 0.29) is 132 Å². The van der Waals surface area contributed by atoms with Crippen molar-refractivity contribution in [3.63, 3.8) is 0 Å². The molecule has 8 heteroatoms. The first-order chi connectivity index (χ1) is 2.91. The molecule has 4 nitrogen and oxygen atoms in total. The molecule has 0 bridgehead atoms. The van der Waals surface area contributed by atoms with Crippen LogP contribution in [0, 0.1) is 0 Å². The molecule has 0 aliphatic carbocycles. The van der Waals surface area contributed by atoms with Crippen LogP contribution in [0.1, 0.15) is 0 Å². The van der Waals surface area contributed by atoms with Crippen molar-refractivity contribution in [2.24, 2.45) is 0 Å². The van der Waals surface area contributed by atoms with Crippen molar-refractivity contribution in [2.45, 2.75) is 0 Å². The van der Waals surface area contributed by atoms with E-state index in [1.165, 1.54) is 0 Å². The number of carbonyl (C=O) groups excluding carboxylic acids is 1. The molecule has 0 saturated carbocycles. The summed E-state index contributed by atoms with van der Waals surface area (Å²) in [5.41, 5.74) is 0. The molecule has 0 heterocycles. The predicted octanol–water partition coefficient (Wildman–Crippen LogP) is -1.25. The van der Waals surface area contributed by atoms with Crippen molar-refractivity contribution in [1.82, 2.24) is 0 Å².